The molecule has 1 N–H and O–H groups in total. The molecule has 32 heavy (non-hydrogen) atoms. The van der Waals surface area contributed by atoms with Crippen molar-refractivity contribution in [1.29, 1.82) is 0 Å². The number of benzene rings is 1. The third kappa shape index (κ3) is 6.75. The fourth-order valence-corrected chi connectivity index (χ4v) is 5.05. The first-order valence-electron chi connectivity index (χ1n) is 10.9. The normalized spacial score (nSPS) is 23.2. The van der Waals surface area contributed by atoms with E-state index in [1.165, 1.54) is 19.3 Å². The Hall–Kier alpha value is -1.51. The van der Waals surface area contributed by atoms with Crippen LogP contribution in [0.4, 0.5) is 0 Å². The van der Waals surface area contributed by atoms with Gasteiger partial charge >= 0.3 is 0 Å². The number of ketones is 1. The fraction of sp³-hybridized carbons (Fsp3) is 0.625. The second-order valence-electron chi connectivity index (χ2n) is 8.60. The Balaban J connectivity index is 0.00000171. The molecule has 0 radical (unpaired) electrons. The third-order valence-corrected chi connectivity index (χ3v) is 6.53. The lowest BCUT2D eigenvalue weighted by Crippen LogP contribution is -2.53. The molecule has 180 valence electrons. The summed E-state index contributed by atoms with van der Waals surface area (Å²) < 4.78 is 5.53. The second-order valence-corrected chi connectivity index (χ2v) is 8.60. The lowest BCUT2D eigenvalue weighted by Gasteiger charge is -2.31. The molecule has 0 aromatic heterocycles. The van der Waals surface area contributed by atoms with Gasteiger partial charge in [-0.15, -0.1) is 0 Å². The van der Waals surface area contributed by atoms with Gasteiger partial charge in [0.25, 0.3) is 0 Å². The van der Waals surface area contributed by atoms with E-state index in [0.717, 1.165) is 18.4 Å². The van der Waals surface area contributed by atoms with Gasteiger partial charge in [0.1, 0.15) is 18.7 Å². The number of ether oxygens (including phenoxy) is 1. The minimum Gasteiger partial charge on any atom is -0.368 e. The number of Topliss-reactive ketones (excluding diaryl/α,β-unsaturated/α-hetero) is 1. The largest absolute Gasteiger partial charge is 0.368 e. The van der Waals surface area contributed by atoms with Crippen molar-refractivity contribution in [1.82, 2.24) is 10.2 Å². The molecule has 1 saturated carbocycles. The van der Waals surface area contributed by atoms with Gasteiger partial charge < -0.3 is 15.0 Å². The molecule has 1 aromatic carbocycles. The highest BCUT2D eigenvalue weighted by molar-refractivity contribution is 7.59. The first-order chi connectivity index (χ1) is 14.1. The summed E-state index contributed by atoms with van der Waals surface area (Å²) in [6.07, 6.45) is 7.24. The second kappa shape index (κ2) is 13.3. The van der Waals surface area contributed by atoms with E-state index in [4.69, 9.17) is 4.74 Å². The molecule has 6 nitrogen and oxygen atoms in total. The number of amides is 2. The van der Waals surface area contributed by atoms with Gasteiger partial charge in [-0.2, -0.15) is 27.0 Å². The average molecular weight is 483 g/mol. The van der Waals surface area contributed by atoms with Gasteiger partial charge in [0.2, 0.25) is 11.8 Å². The van der Waals surface area contributed by atoms with Crippen molar-refractivity contribution in [2.45, 2.75) is 77.0 Å². The summed E-state index contributed by atoms with van der Waals surface area (Å²) in [6, 6.07) is 8.52. The van der Waals surface area contributed by atoms with Crippen LogP contribution in [0.25, 0.3) is 0 Å². The Labute approximate surface area is 205 Å². The molecule has 3 fully saturated rings. The summed E-state index contributed by atoms with van der Waals surface area (Å²) >= 11 is 0. The van der Waals surface area contributed by atoms with Crippen LogP contribution in [-0.4, -0.2) is 53.8 Å². The van der Waals surface area contributed by atoms with Crippen LogP contribution in [0.3, 0.4) is 0 Å². The Kier molecular flexibility index (Phi) is 11.8. The van der Waals surface area contributed by atoms with Crippen LogP contribution >= 0.6 is 27.0 Å². The van der Waals surface area contributed by atoms with Crippen LogP contribution in [0.1, 0.15) is 57.9 Å². The smallest absolute Gasteiger partial charge is 0.245 e. The van der Waals surface area contributed by atoms with Crippen molar-refractivity contribution >= 4 is 44.6 Å². The van der Waals surface area contributed by atoms with Gasteiger partial charge in [0.05, 0.1) is 12.5 Å². The maximum atomic E-state index is 13.4. The molecular formula is C24H38N2O4S2. The number of likely N-dealkylation sites (tertiary alicyclic amines) is 1. The molecule has 3 atom stereocenters. The first kappa shape index (κ1) is 28.5. The molecular weight excluding hydrogens is 444 g/mol. The highest BCUT2D eigenvalue weighted by Crippen LogP contribution is 2.31. The molecule has 0 spiro atoms. The van der Waals surface area contributed by atoms with Crippen molar-refractivity contribution in [3.63, 3.8) is 0 Å². The van der Waals surface area contributed by atoms with Crippen LogP contribution in [0.15, 0.2) is 30.3 Å². The number of fused-ring (bicyclic) bond motifs is 1. The van der Waals surface area contributed by atoms with E-state index >= 15 is 0 Å². The van der Waals surface area contributed by atoms with Crippen LogP contribution in [-0.2, 0) is 25.5 Å². The Morgan fingerprint density at radius 2 is 1.75 bits per heavy atom. The quantitative estimate of drug-likeness (QED) is 0.676. The molecule has 1 aliphatic carbocycles. The molecule has 2 saturated heterocycles. The number of hydrogen-bond donors (Lipinski definition) is 1. The Morgan fingerprint density at radius 1 is 1.06 bits per heavy atom. The zero-order valence-electron chi connectivity index (χ0n) is 17.8. The third-order valence-electron chi connectivity index (χ3n) is 6.53. The summed E-state index contributed by atoms with van der Waals surface area (Å²) in [7, 11) is 0. The molecule has 3 aliphatic rings. The minimum atomic E-state index is -0.568. The van der Waals surface area contributed by atoms with E-state index < -0.39 is 12.1 Å². The molecule has 0 bridgehead atoms. The molecule has 2 amide bonds. The van der Waals surface area contributed by atoms with E-state index in [1.807, 2.05) is 30.3 Å². The van der Waals surface area contributed by atoms with Gasteiger partial charge in [-0.3, -0.25) is 14.4 Å². The molecule has 2 heterocycles. The average Bonchev–Trinajstić information content (AvgIpc) is 3.31. The van der Waals surface area contributed by atoms with Crippen LogP contribution in [0.2, 0.25) is 0 Å². The lowest BCUT2D eigenvalue weighted by molar-refractivity contribution is -0.140. The standard InChI is InChI=1S/C23H30N2O4.CH4.2H2S/c26-19-15-29-20-11-12-25(22(19)20)23(28)18(13-16-7-3-1-4-8-16)24-21(27)14-17-9-5-2-6-10-17;;;/h2,5-6,9-10,16,18,20,22H,1,3-4,7-8,11-15H2,(H,24,27);1H4;2*1H2/t18-,20+,22+;;;/m0.../s1. The van der Waals surface area contributed by atoms with Crippen LogP contribution in [0, 0.1) is 5.92 Å². The minimum absolute atomic E-state index is 0. The number of hydrogen-bond acceptors (Lipinski definition) is 4. The van der Waals surface area contributed by atoms with Gasteiger partial charge in [-0.1, -0.05) is 69.9 Å². The summed E-state index contributed by atoms with van der Waals surface area (Å²) in [5, 5.41) is 3.00. The van der Waals surface area contributed by atoms with Crippen molar-refractivity contribution in [3.8, 4) is 0 Å². The summed E-state index contributed by atoms with van der Waals surface area (Å²) in [6.45, 7) is 0.613. The maximum absolute atomic E-state index is 13.4. The Morgan fingerprint density at radius 3 is 2.44 bits per heavy atom. The topological polar surface area (TPSA) is 75.7 Å². The summed E-state index contributed by atoms with van der Waals surface area (Å²) in [4.78, 5) is 40.0. The predicted molar refractivity (Wildman–Crippen MR) is 136 cm³/mol. The highest BCUT2D eigenvalue weighted by Gasteiger charge is 2.48. The van der Waals surface area contributed by atoms with Gasteiger partial charge in [-0.05, 0) is 24.3 Å². The first-order valence-corrected chi connectivity index (χ1v) is 10.9. The molecule has 0 unspecified atom stereocenters. The number of nitrogens with zero attached hydrogens (tertiary/aromatic N) is 1. The van der Waals surface area contributed by atoms with Crippen molar-refractivity contribution in [3.05, 3.63) is 35.9 Å². The molecule has 2 aliphatic heterocycles. The molecule has 1 aromatic rings. The van der Waals surface area contributed by atoms with Gasteiger partial charge in [-0.25, -0.2) is 0 Å². The summed E-state index contributed by atoms with van der Waals surface area (Å²) in [5.41, 5.74) is 0.925. The number of rotatable bonds is 6. The predicted octanol–water partition coefficient (Wildman–Crippen LogP) is 3.11. The molecule has 8 heteroatoms. The number of carbonyl (C=O) groups is 3. The van der Waals surface area contributed by atoms with Crippen LogP contribution < -0.4 is 5.32 Å². The van der Waals surface area contributed by atoms with E-state index in [9.17, 15) is 14.4 Å². The monoisotopic (exact) mass is 482 g/mol. The van der Waals surface area contributed by atoms with E-state index in [2.05, 4.69) is 5.32 Å². The van der Waals surface area contributed by atoms with E-state index in [1.54, 1.807) is 4.90 Å². The van der Waals surface area contributed by atoms with Gasteiger partial charge in [0.15, 0.2) is 5.78 Å². The fourth-order valence-electron chi connectivity index (χ4n) is 5.05. The van der Waals surface area contributed by atoms with Crippen LogP contribution in [0.5, 0.6) is 0 Å². The van der Waals surface area contributed by atoms with E-state index in [-0.39, 0.29) is 71.1 Å². The number of carbonyl (C=O) groups excluding carboxylic acids is 3. The number of nitrogens with one attached hydrogen (secondary N) is 1. The highest BCUT2D eigenvalue weighted by atomic mass is 32.1. The zero-order chi connectivity index (χ0) is 20.2. The maximum Gasteiger partial charge on any atom is 0.245 e. The van der Waals surface area contributed by atoms with E-state index in [0.29, 0.717) is 25.3 Å². The zero-order valence-corrected chi connectivity index (χ0v) is 19.8. The van der Waals surface area contributed by atoms with Gasteiger partial charge in [0, 0.05) is 6.54 Å². The van der Waals surface area contributed by atoms with Crippen molar-refractivity contribution in [2.75, 3.05) is 13.2 Å². The Bertz CT molecular complexity index is 756. The lowest BCUT2D eigenvalue weighted by atomic mass is 9.84. The molecule has 4 rings (SSSR count). The van der Waals surface area contributed by atoms with Crippen molar-refractivity contribution < 1.29 is 19.1 Å². The SMILES string of the molecule is C.O=C(Cc1ccccc1)N[C@@H](CC1CCCCC1)C(=O)N1CC[C@H]2OCC(=O)[C@H]21.S.S. The van der Waals surface area contributed by atoms with Crippen molar-refractivity contribution in [2.24, 2.45) is 5.92 Å². The summed E-state index contributed by atoms with van der Waals surface area (Å²) in [5.74, 6) is 0.162.